The van der Waals surface area contributed by atoms with Gasteiger partial charge in [0, 0.05) is 31.6 Å². The molecule has 1 amide bonds. The van der Waals surface area contributed by atoms with Crippen LogP contribution in [0.4, 0.5) is 0 Å². The zero-order chi connectivity index (χ0) is 15.1. The maximum atomic E-state index is 12.0. The molecular weight excluding hydrogens is 276 g/mol. The first-order chi connectivity index (χ1) is 10.7. The number of benzene rings is 1. The Balaban J connectivity index is 1.48. The van der Waals surface area contributed by atoms with Gasteiger partial charge in [0.15, 0.2) is 0 Å². The molecule has 0 bridgehead atoms. The van der Waals surface area contributed by atoms with Crippen molar-refractivity contribution in [2.45, 2.75) is 50.3 Å². The Morgan fingerprint density at radius 1 is 1.14 bits per heavy atom. The first kappa shape index (κ1) is 14.2. The predicted molar refractivity (Wildman–Crippen MR) is 84.4 cm³/mol. The Bertz CT molecular complexity index is 574. The molecule has 0 aromatic heterocycles. The van der Waals surface area contributed by atoms with Gasteiger partial charge in [-0.25, -0.2) is 0 Å². The number of hydrogen-bond acceptors (Lipinski definition) is 3. The highest BCUT2D eigenvalue weighted by Gasteiger charge is 2.39. The molecule has 0 spiro atoms. The van der Waals surface area contributed by atoms with Gasteiger partial charge in [0.25, 0.3) is 0 Å². The molecule has 2 saturated heterocycles. The van der Waals surface area contributed by atoms with Crippen LogP contribution in [0.15, 0.2) is 24.3 Å². The van der Waals surface area contributed by atoms with Gasteiger partial charge in [-0.15, -0.1) is 0 Å². The molecule has 1 aliphatic carbocycles. The van der Waals surface area contributed by atoms with Crippen LogP contribution >= 0.6 is 0 Å². The van der Waals surface area contributed by atoms with E-state index in [2.05, 4.69) is 21.9 Å². The Labute approximate surface area is 131 Å². The number of amides is 1. The van der Waals surface area contributed by atoms with Crippen LogP contribution in [-0.4, -0.2) is 52.5 Å². The fraction of sp³-hybridized carbons (Fsp3) is 0.611. The van der Waals surface area contributed by atoms with E-state index in [0.717, 1.165) is 50.9 Å². The first-order valence-electron chi connectivity index (χ1n) is 8.53. The van der Waals surface area contributed by atoms with Crippen LogP contribution in [0, 0.1) is 0 Å². The number of carbonyl (C=O) groups is 1. The molecule has 4 rings (SSSR count). The van der Waals surface area contributed by atoms with Gasteiger partial charge in [-0.1, -0.05) is 24.3 Å². The summed E-state index contributed by atoms with van der Waals surface area (Å²) in [6, 6.07) is 8.76. The van der Waals surface area contributed by atoms with E-state index in [1.165, 1.54) is 5.56 Å². The third kappa shape index (κ3) is 2.34. The summed E-state index contributed by atoms with van der Waals surface area (Å²) >= 11 is 0. The molecule has 1 N–H and O–H groups in total. The Morgan fingerprint density at radius 3 is 2.77 bits per heavy atom. The number of likely N-dealkylation sites (tertiary alicyclic amines) is 2. The Hall–Kier alpha value is -1.39. The number of rotatable bonds is 2. The Kier molecular flexibility index (Phi) is 3.66. The molecule has 4 nitrogen and oxygen atoms in total. The first-order valence-corrected chi connectivity index (χ1v) is 8.53. The molecule has 0 unspecified atom stereocenters. The van der Waals surface area contributed by atoms with Crippen LogP contribution in [0.5, 0.6) is 0 Å². The minimum Gasteiger partial charge on any atom is -0.387 e. The average molecular weight is 300 g/mol. The van der Waals surface area contributed by atoms with Crippen LogP contribution in [0.3, 0.4) is 0 Å². The molecule has 0 saturated carbocycles. The van der Waals surface area contributed by atoms with Crippen LogP contribution < -0.4 is 0 Å². The van der Waals surface area contributed by atoms with E-state index in [1.54, 1.807) is 0 Å². The number of piperidine rings is 1. The fourth-order valence-electron chi connectivity index (χ4n) is 4.48. The predicted octanol–water partition coefficient (Wildman–Crippen LogP) is 1.73. The Morgan fingerprint density at radius 2 is 2.00 bits per heavy atom. The molecule has 1 aromatic carbocycles. The number of nitrogens with zero attached hydrogens (tertiary/aromatic N) is 2. The van der Waals surface area contributed by atoms with Crippen molar-refractivity contribution in [3.63, 3.8) is 0 Å². The van der Waals surface area contributed by atoms with Crippen molar-refractivity contribution in [2.24, 2.45) is 0 Å². The third-order valence-electron chi connectivity index (χ3n) is 5.61. The maximum Gasteiger partial charge on any atom is 0.222 e. The molecular formula is C18H24N2O2. The van der Waals surface area contributed by atoms with E-state index in [9.17, 15) is 9.90 Å². The van der Waals surface area contributed by atoms with Crippen molar-refractivity contribution >= 4 is 5.91 Å². The molecule has 118 valence electrons. The standard InChI is InChI=1S/C18H24N2O2/c21-17-8-4-10-20(17)14-6-3-9-19(12-14)16-11-13-5-1-2-7-15(13)18(16)22/h1-2,5,7,14,16,18,22H,3-4,6,8-12H2/t14-,16-,18-/m1/s1. The number of hydrogen-bond donors (Lipinski definition) is 1. The van der Waals surface area contributed by atoms with Crippen LogP contribution in [0.1, 0.15) is 42.9 Å². The summed E-state index contributed by atoms with van der Waals surface area (Å²) in [4.78, 5) is 16.5. The second-order valence-corrected chi connectivity index (χ2v) is 6.90. The zero-order valence-electron chi connectivity index (χ0n) is 12.9. The summed E-state index contributed by atoms with van der Waals surface area (Å²) in [6.45, 7) is 2.88. The van der Waals surface area contributed by atoms with E-state index < -0.39 is 0 Å². The highest BCUT2D eigenvalue weighted by Crippen LogP contribution is 2.36. The van der Waals surface area contributed by atoms with Crippen LogP contribution in [0.25, 0.3) is 0 Å². The number of aliphatic hydroxyl groups excluding tert-OH is 1. The highest BCUT2D eigenvalue weighted by molar-refractivity contribution is 5.78. The van der Waals surface area contributed by atoms with Gasteiger partial charge in [-0.2, -0.15) is 0 Å². The molecule has 0 radical (unpaired) electrons. The molecule has 2 aliphatic heterocycles. The summed E-state index contributed by atoms with van der Waals surface area (Å²) in [6.07, 6.45) is 4.49. The van der Waals surface area contributed by atoms with E-state index >= 15 is 0 Å². The molecule has 4 heteroatoms. The maximum absolute atomic E-state index is 12.0. The lowest BCUT2D eigenvalue weighted by atomic mass is 10.0. The van der Waals surface area contributed by atoms with Crippen LogP contribution in [0.2, 0.25) is 0 Å². The van der Waals surface area contributed by atoms with Gasteiger partial charge in [-0.05, 0) is 43.4 Å². The van der Waals surface area contributed by atoms with Crippen LogP contribution in [-0.2, 0) is 11.2 Å². The molecule has 3 atom stereocenters. The molecule has 2 heterocycles. The largest absolute Gasteiger partial charge is 0.387 e. The van der Waals surface area contributed by atoms with Gasteiger partial charge < -0.3 is 10.0 Å². The minimum atomic E-state index is -0.385. The minimum absolute atomic E-state index is 0.179. The second-order valence-electron chi connectivity index (χ2n) is 6.90. The lowest BCUT2D eigenvalue weighted by Gasteiger charge is -2.41. The van der Waals surface area contributed by atoms with E-state index in [1.807, 2.05) is 12.1 Å². The van der Waals surface area contributed by atoms with Gasteiger partial charge in [0.1, 0.15) is 0 Å². The number of aliphatic hydroxyl groups is 1. The SMILES string of the molecule is O=C1CCCN1[C@@H]1CCCN([C@@H]2Cc3ccccc3[C@H]2O)C1. The molecule has 3 aliphatic rings. The smallest absolute Gasteiger partial charge is 0.222 e. The normalized spacial score (nSPS) is 32.5. The van der Waals surface area contributed by atoms with Gasteiger partial charge in [0.05, 0.1) is 6.10 Å². The van der Waals surface area contributed by atoms with Crippen molar-refractivity contribution in [2.75, 3.05) is 19.6 Å². The van der Waals surface area contributed by atoms with Crippen molar-refractivity contribution in [1.82, 2.24) is 9.80 Å². The lowest BCUT2D eigenvalue weighted by molar-refractivity contribution is -0.131. The van der Waals surface area contributed by atoms with Gasteiger partial charge in [-0.3, -0.25) is 9.69 Å². The molecule has 1 aromatic rings. The van der Waals surface area contributed by atoms with E-state index in [0.29, 0.717) is 18.4 Å². The topological polar surface area (TPSA) is 43.8 Å². The summed E-state index contributed by atoms with van der Waals surface area (Å²) in [7, 11) is 0. The van der Waals surface area contributed by atoms with E-state index in [-0.39, 0.29) is 12.1 Å². The summed E-state index contributed by atoms with van der Waals surface area (Å²) in [5.41, 5.74) is 2.37. The van der Waals surface area contributed by atoms with Crippen molar-refractivity contribution < 1.29 is 9.90 Å². The summed E-state index contributed by atoms with van der Waals surface area (Å²) < 4.78 is 0. The average Bonchev–Trinajstić information content (AvgIpc) is 3.12. The van der Waals surface area contributed by atoms with Gasteiger partial charge >= 0.3 is 0 Å². The zero-order valence-corrected chi connectivity index (χ0v) is 12.9. The second kappa shape index (κ2) is 5.67. The third-order valence-corrected chi connectivity index (χ3v) is 5.61. The van der Waals surface area contributed by atoms with Crippen molar-refractivity contribution in [3.8, 4) is 0 Å². The molecule has 22 heavy (non-hydrogen) atoms. The fourth-order valence-corrected chi connectivity index (χ4v) is 4.48. The number of fused-ring (bicyclic) bond motifs is 1. The summed E-state index contributed by atoms with van der Waals surface area (Å²) in [5, 5.41) is 10.7. The summed E-state index contributed by atoms with van der Waals surface area (Å²) in [5.74, 6) is 0.321. The quantitative estimate of drug-likeness (QED) is 0.904. The molecule has 2 fully saturated rings. The van der Waals surface area contributed by atoms with Crippen molar-refractivity contribution in [3.05, 3.63) is 35.4 Å². The lowest BCUT2D eigenvalue weighted by Crippen LogP contribution is -2.52. The monoisotopic (exact) mass is 300 g/mol. The van der Waals surface area contributed by atoms with Crippen molar-refractivity contribution in [1.29, 1.82) is 0 Å². The van der Waals surface area contributed by atoms with E-state index in [4.69, 9.17) is 0 Å². The highest BCUT2D eigenvalue weighted by atomic mass is 16.3. The van der Waals surface area contributed by atoms with Gasteiger partial charge in [0.2, 0.25) is 5.91 Å². The number of carbonyl (C=O) groups excluding carboxylic acids is 1.